The number of hydrogen-bond donors (Lipinski definition) is 1. The van der Waals surface area contributed by atoms with E-state index in [4.69, 9.17) is 0 Å². The Labute approximate surface area is 155 Å². The van der Waals surface area contributed by atoms with E-state index >= 15 is 0 Å². The summed E-state index contributed by atoms with van der Waals surface area (Å²) in [5, 5.41) is 20.7. The molecule has 3 rings (SSSR count). The van der Waals surface area contributed by atoms with E-state index in [1.807, 2.05) is 6.92 Å². The second-order valence-corrected chi connectivity index (χ2v) is 7.93. The van der Waals surface area contributed by atoms with Crippen LogP contribution in [0.5, 0.6) is 0 Å². The molecule has 1 saturated heterocycles. The number of aryl methyl sites for hydroxylation is 2. The molecule has 0 radical (unpaired) electrons. The van der Waals surface area contributed by atoms with Gasteiger partial charge < -0.3 is 15.0 Å². The average Bonchev–Trinajstić information content (AvgIpc) is 3.28. The van der Waals surface area contributed by atoms with Gasteiger partial charge in [-0.15, -0.1) is 5.10 Å². The van der Waals surface area contributed by atoms with E-state index in [-0.39, 0.29) is 42.6 Å². The van der Waals surface area contributed by atoms with E-state index in [2.05, 4.69) is 15.3 Å². The zero-order valence-corrected chi connectivity index (χ0v) is 15.6. The number of nitrogens with zero attached hydrogens (tertiary/aromatic N) is 6. The third kappa shape index (κ3) is 3.55. The first-order valence-corrected chi connectivity index (χ1v) is 9.71. The van der Waals surface area contributed by atoms with Gasteiger partial charge in [0.05, 0.1) is 11.8 Å². The van der Waals surface area contributed by atoms with Crippen molar-refractivity contribution < 1.29 is 18.1 Å². The molecule has 1 N–H and O–H groups in total. The van der Waals surface area contributed by atoms with Crippen LogP contribution in [0.3, 0.4) is 0 Å². The molecule has 146 valence electrons. The van der Waals surface area contributed by atoms with Gasteiger partial charge in [0.15, 0.2) is 5.69 Å². The first-order valence-electron chi connectivity index (χ1n) is 8.27. The van der Waals surface area contributed by atoms with E-state index in [0.29, 0.717) is 12.2 Å². The van der Waals surface area contributed by atoms with E-state index in [1.54, 1.807) is 11.6 Å². The predicted octanol–water partition coefficient (Wildman–Crippen LogP) is -0.0106. The minimum Gasteiger partial charge on any atom is -0.358 e. The number of H-pyrrole nitrogens is 1. The molecule has 0 saturated carbocycles. The second kappa shape index (κ2) is 7.08. The van der Waals surface area contributed by atoms with Crippen LogP contribution in [-0.4, -0.2) is 74.6 Å². The number of piperazine rings is 1. The maximum absolute atomic E-state index is 12.8. The predicted molar refractivity (Wildman–Crippen MR) is 92.5 cm³/mol. The molecule has 1 aliphatic rings. The number of nitrogens with one attached hydrogen (secondary N) is 1. The van der Waals surface area contributed by atoms with Gasteiger partial charge in [0.1, 0.15) is 4.90 Å². The third-order valence-electron chi connectivity index (χ3n) is 4.35. The Morgan fingerprint density at radius 3 is 2.52 bits per heavy atom. The number of aromatic nitrogens is 4. The fraction of sp³-hybridized carbons (Fsp3) is 0.500. The molecule has 1 fully saturated rings. The molecule has 1 amide bonds. The highest BCUT2D eigenvalue weighted by atomic mass is 32.2. The van der Waals surface area contributed by atoms with Crippen molar-refractivity contribution in [2.45, 2.75) is 25.3 Å². The number of nitro groups is 1. The van der Waals surface area contributed by atoms with Crippen molar-refractivity contribution in [1.82, 2.24) is 29.2 Å². The van der Waals surface area contributed by atoms with E-state index in [9.17, 15) is 23.3 Å². The molecule has 0 aromatic carbocycles. The molecule has 3 heterocycles. The number of hydrogen-bond acceptors (Lipinski definition) is 7. The lowest BCUT2D eigenvalue weighted by molar-refractivity contribution is -0.389. The van der Waals surface area contributed by atoms with Crippen LogP contribution in [0.1, 0.15) is 23.1 Å². The molecule has 0 aliphatic carbocycles. The molecule has 0 spiro atoms. The number of amides is 1. The van der Waals surface area contributed by atoms with Gasteiger partial charge in [0.2, 0.25) is 10.0 Å². The Kier molecular flexibility index (Phi) is 4.97. The monoisotopic (exact) mass is 397 g/mol. The molecule has 27 heavy (non-hydrogen) atoms. The molecule has 13 heteroatoms. The minimum absolute atomic E-state index is 0.0712. The van der Waals surface area contributed by atoms with Gasteiger partial charge in [-0.2, -0.15) is 9.40 Å². The Morgan fingerprint density at radius 2 is 2.00 bits per heavy atom. The Hall–Kier alpha value is -2.80. The lowest BCUT2D eigenvalue weighted by atomic mass is 10.3. The van der Waals surface area contributed by atoms with Gasteiger partial charge in [-0.25, -0.2) is 8.42 Å². The van der Waals surface area contributed by atoms with Gasteiger partial charge in [-0.1, -0.05) is 5.10 Å². The van der Waals surface area contributed by atoms with Gasteiger partial charge in [-0.3, -0.25) is 9.48 Å². The Balaban J connectivity index is 1.69. The molecule has 2 aromatic heterocycles. The van der Waals surface area contributed by atoms with Crippen LogP contribution >= 0.6 is 0 Å². The summed E-state index contributed by atoms with van der Waals surface area (Å²) < 4.78 is 28.6. The zero-order chi connectivity index (χ0) is 19.8. The smallest absolute Gasteiger partial charge is 0.343 e. The number of carbonyl (C=O) groups is 1. The highest BCUT2D eigenvalue weighted by Crippen LogP contribution is 2.21. The normalized spacial score (nSPS) is 15.9. The number of carbonyl (C=O) groups excluding carboxylic acids is 1. The maximum Gasteiger partial charge on any atom is 0.343 e. The standard InChI is InChI=1S/C14H19N7O5S/c1-3-19-9-12(10(2)17-19)27(25,26)20-6-4-18(5-7-20)14(22)11-8-13(16-15-11)21(23)24/h8-9H,3-7H2,1-2H3,(H,15,16). The van der Waals surface area contributed by atoms with Crippen molar-refractivity contribution in [3.8, 4) is 0 Å². The zero-order valence-electron chi connectivity index (χ0n) is 14.8. The number of sulfonamides is 1. The maximum atomic E-state index is 12.8. The van der Waals surface area contributed by atoms with Gasteiger partial charge in [0, 0.05) is 38.9 Å². The molecular weight excluding hydrogens is 378 g/mol. The highest BCUT2D eigenvalue weighted by molar-refractivity contribution is 7.89. The van der Waals surface area contributed by atoms with E-state index < -0.39 is 20.9 Å². The topological polar surface area (TPSA) is 147 Å². The summed E-state index contributed by atoms with van der Waals surface area (Å²) in [7, 11) is -3.70. The van der Waals surface area contributed by atoms with Crippen LogP contribution in [0.2, 0.25) is 0 Å². The highest BCUT2D eigenvalue weighted by Gasteiger charge is 2.33. The lowest BCUT2D eigenvalue weighted by Gasteiger charge is -2.33. The molecule has 0 atom stereocenters. The summed E-state index contributed by atoms with van der Waals surface area (Å²) in [6, 6.07) is 1.06. The van der Waals surface area contributed by atoms with Crippen molar-refractivity contribution in [2.75, 3.05) is 26.2 Å². The lowest BCUT2D eigenvalue weighted by Crippen LogP contribution is -2.50. The average molecular weight is 397 g/mol. The number of aromatic amines is 1. The summed E-state index contributed by atoms with van der Waals surface area (Å²) in [6.07, 6.45) is 1.51. The van der Waals surface area contributed by atoms with Crippen molar-refractivity contribution >= 4 is 21.7 Å². The van der Waals surface area contributed by atoms with Crippen molar-refractivity contribution in [3.63, 3.8) is 0 Å². The molecule has 0 bridgehead atoms. The fourth-order valence-corrected chi connectivity index (χ4v) is 4.45. The van der Waals surface area contributed by atoms with Crippen molar-refractivity contribution in [2.24, 2.45) is 0 Å². The van der Waals surface area contributed by atoms with Crippen LogP contribution in [0.4, 0.5) is 5.82 Å². The second-order valence-electron chi connectivity index (χ2n) is 6.03. The summed E-state index contributed by atoms with van der Waals surface area (Å²) in [4.78, 5) is 24.0. The van der Waals surface area contributed by atoms with E-state index in [1.165, 1.54) is 15.4 Å². The van der Waals surface area contributed by atoms with Gasteiger partial charge in [-0.05, 0) is 18.8 Å². The molecular formula is C14H19N7O5S. The largest absolute Gasteiger partial charge is 0.358 e. The quantitative estimate of drug-likeness (QED) is 0.551. The first-order chi connectivity index (χ1) is 12.7. The SMILES string of the molecule is CCn1cc(S(=O)(=O)N2CCN(C(=O)c3cc([N+](=O)[O-])[nH]n3)CC2)c(C)n1. The summed E-state index contributed by atoms with van der Waals surface area (Å²) >= 11 is 0. The summed E-state index contributed by atoms with van der Waals surface area (Å²) in [5.41, 5.74) is 0.359. The fourth-order valence-electron chi connectivity index (χ4n) is 2.86. The van der Waals surface area contributed by atoms with Crippen LogP contribution in [-0.2, 0) is 16.6 Å². The molecule has 12 nitrogen and oxygen atoms in total. The molecule has 0 unspecified atom stereocenters. The third-order valence-corrected chi connectivity index (χ3v) is 6.35. The van der Waals surface area contributed by atoms with Crippen molar-refractivity contribution in [3.05, 3.63) is 33.8 Å². The van der Waals surface area contributed by atoms with Crippen LogP contribution in [0.25, 0.3) is 0 Å². The van der Waals surface area contributed by atoms with Gasteiger partial charge >= 0.3 is 5.82 Å². The summed E-state index contributed by atoms with van der Waals surface area (Å²) in [6.45, 7) is 4.65. The molecule has 1 aliphatic heterocycles. The van der Waals surface area contributed by atoms with Gasteiger partial charge in [0.25, 0.3) is 5.91 Å². The number of rotatable bonds is 5. The first kappa shape index (κ1) is 19.0. The van der Waals surface area contributed by atoms with E-state index in [0.717, 1.165) is 6.07 Å². The van der Waals surface area contributed by atoms with Crippen molar-refractivity contribution in [1.29, 1.82) is 0 Å². The Bertz CT molecular complexity index is 972. The Morgan fingerprint density at radius 1 is 1.33 bits per heavy atom. The van der Waals surface area contributed by atoms with Crippen LogP contribution in [0.15, 0.2) is 17.2 Å². The minimum atomic E-state index is -3.70. The van der Waals surface area contributed by atoms with Crippen LogP contribution < -0.4 is 0 Å². The van der Waals surface area contributed by atoms with Crippen LogP contribution in [0, 0.1) is 17.0 Å². The summed E-state index contributed by atoms with van der Waals surface area (Å²) in [5.74, 6) is -0.852. The molecule has 2 aromatic rings.